The quantitative estimate of drug-likeness (QED) is 0.563. The topological polar surface area (TPSA) is 38.0 Å². The molecule has 2 unspecified atom stereocenters. The molecule has 0 aliphatic carbocycles. The normalized spacial score (nSPS) is 14.5. The highest BCUT2D eigenvalue weighted by Gasteiger charge is 2.22. The van der Waals surface area contributed by atoms with Crippen LogP contribution in [0, 0.1) is 5.92 Å². The van der Waals surface area contributed by atoms with Gasteiger partial charge in [-0.1, -0.05) is 56.3 Å². The fourth-order valence-corrected chi connectivity index (χ4v) is 2.72. The van der Waals surface area contributed by atoms with Crippen molar-refractivity contribution in [1.29, 1.82) is 0 Å². The molecule has 3 N–H and O–H groups in total. The van der Waals surface area contributed by atoms with Crippen LogP contribution in [0.3, 0.4) is 0 Å². The lowest BCUT2D eigenvalue weighted by Crippen LogP contribution is -2.33. The predicted octanol–water partition coefficient (Wildman–Crippen LogP) is 4.71. The summed E-state index contributed by atoms with van der Waals surface area (Å²) in [7, 11) is 0. The third kappa shape index (κ3) is 4.13. The van der Waals surface area contributed by atoms with E-state index in [9.17, 15) is 0 Å². The zero-order valence-electron chi connectivity index (χ0n) is 11.0. The monoisotopic (exact) mass is 288 g/mol. The lowest BCUT2D eigenvalue weighted by molar-refractivity contribution is 0.327. The maximum atomic E-state index is 6.25. The average molecular weight is 289 g/mol. The Kier molecular flexibility index (Phi) is 7.02. The van der Waals surface area contributed by atoms with Gasteiger partial charge in [0.25, 0.3) is 0 Å². The van der Waals surface area contributed by atoms with E-state index in [1.54, 1.807) is 6.07 Å². The van der Waals surface area contributed by atoms with Crippen molar-refractivity contribution in [3.8, 4) is 0 Å². The Labute approximate surface area is 120 Å². The van der Waals surface area contributed by atoms with Gasteiger partial charge in [-0.2, -0.15) is 0 Å². The summed E-state index contributed by atoms with van der Waals surface area (Å²) >= 11 is 12.3. The number of hydrogen-bond donors (Lipinski definition) is 2. The summed E-state index contributed by atoms with van der Waals surface area (Å²) in [5.74, 6) is 6.20. The Bertz CT molecular complexity index is 369. The molecule has 102 valence electrons. The Hall–Kier alpha value is -0.280. The molecular weight excluding hydrogens is 267 g/mol. The smallest absolute Gasteiger partial charge is 0.0503 e. The predicted molar refractivity (Wildman–Crippen MR) is 79.8 cm³/mol. The molecule has 0 radical (unpaired) electrons. The number of nitrogens with one attached hydrogen (secondary N) is 1. The van der Waals surface area contributed by atoms with Crippen LogP contribution in [0.15, 0.2) is 18.2 Å². The minimum absolute atomic E-state index is 0.0627. The molecule has 2 atom stereocenters. The molecule has 0 amide bonds. The van der Waals surface area contributed by atoms with Gasteiger partial charge in [0.15, 0.2) is 0 Å². The van der Waals surface area contributed by atoms with Crippen molar-refractivity contribution in [2.45, 2.75) is 45.6 Å². The Morgan fingerprint density at radius 1 is 1.28 bits per heavy atom. The van der Waals surface area contributed by atoms with Crippen LogP contribution in [0.2, 0.25) is 10.0 Å². The molecule has 0 saturated carbocycles. The fourth-order valence-electron chi connectivity index (χ4n) is 2.31. The lowest BCUT2D eigenvalue weighted by Gasteiger charge is -2.27. The van der Waals surface area contributed by atoms with Crippen molar-refractivity contribution >= 4 is 23.2 Å². The maximum absolute atomic E-state index is 6.25. The first-order valence-corrected chi connectivity index (χ1v) is 7.30. The first-order valence-electron chi connectivity index (χ1n) is 6.55. The highest BCUT2D eigenvalue weighted by atomic mass is 35.5. The largest absolute Gasteiger partial charge is 0.271 e. The molecule has 0 saturated heterocycles. The highest BCUT2D eigenvalue weighted by Crippen LogP contribution is 2.34. The van der Waals surface area contributed by atoms with Crippen molar-refractivity contribution < 1.29 is 0 Å². The van der Waals surface area contributed by atoms with Gasteiger partial charge in [0.05, 0.1) is 6.04 Å². The molecule has 1 rings (SSSR count). The Morgan fingerprint density at radius 2 is 2.00 bits per heavy atom. The van der Waals surface area contributed by atoms with Crippen LogP contribution in [-0.2, 0) is 0 Å². The summed E-state index contributed by atoms with van der Waals surface area (Å²) in [6, 6.07) is 5.60. The minimum Gasteiger partial charge on any atom is -0.271 e. The van der Waals surface area contributed by atoms with Crippen molar-refractivity contribution in [1.82, 2.24) is 5.43 Å². The number of unbranched alkanes of at least 4 members (excludes halogenated alkanes) is 1. The second kappa shape index (κ2) is 8.00. The summed E-state index contributed by atoms with van der Waals surface area (Å²) in [4.78, 5) is 0. The van der Waals surface area contributed by atoms with Crippen LogP contribution < -0.4 is 11.3 Å². The van der Waals surface area contributed by atoms with Crippen LogP contribution in [0.25, 0.3) is 0 Å². The number of benzene rings is 1. The van der Waals surface area contributed by atoms with Crippen molar-refractivity contribution in [3.63, 3.8) is 0 Å². The van der Waals surface area contributed by atoms with Crippen LogP contribution in [0.5, 0.6) is 0 Å². The fraction of sp³-hybridized carbons (Fsp3) is 0.571. The van der Waals surface area contributed by atoms with E-state index in [1.165, 1.54) is 12.8 Å². The van der Waals surface area contributed by atoms with Crippen LogP contribution in [-0.4, -0.2) is 0 Å². The van der Waals surface area contributed by atoms with Gasteiger partial charge >= 0.3 is 0 Å². The third-order valence-corrected chi connectivity index (χ3v) is 3.98. The second-order valence-electron chi connectivity index (χ2n) is 4.62. The first kappa shape index (κ1) is 15.8. The SMILES string of the molecule is CCCCC(CC)C(NN)c1cc(Cl)ccc1Cl. The molecule has 0 heterocycles. The van der Waals surface area contributed by atoms with Gasteiger partial charge < -0.3 is 0 Å². The summed E-state index contributed by atoms with van der Waals surface area (Å²) < 4.78 is 0. The van der Waals surface area contributed by atoms with E-state index in [2.05, 4.69) is 19.3 Å². The number of halogens is 2. The van der Waals surface area contributed by atoms with Gasteiger partial charge in [-0.25, -0.2) is 0 Å². The molecular formula is C14H22Cl2N2. The van der Waals surface area contributed by atoms with Crippen molar-refractivity contribution in [3.05, 3.63) is 33.8 Å². The zero-order chi connectivity index (χ0) is 13.5. The minimum atomic E-state index is 0.0627. The number of hydrogen-bond acceptors (Lipinski definition) is 2. The van der Waals surface area contributed by atoms with E-state index in [1.807, 2.05) is 12.1 Å². The van der Waals surface area contributed by atoms with Gasteiger partial charge in [0, 0.05) is 10.0 Å². The summed E-state index contributed by atoms with van der Waals surface area (Å²) in [6.07, 6.45) is 4.61. The van der Waals surface area contributed by atoms with E-state index in [4.69, 9.17) is 29.0 Å². The van der Waals surface area contributed by atoms with E-state index in [0.29, 0.717) is 10.9 Å². The highest BCUT2D eigenvalue weighted by molar-refractivity contribution is 6.33. The zero-order valence-corrected chi connectivity index (χ0v) is 12.6. The molecule has 1 aromatic rings. The number of hydrazine groups is 1. The Balaban J connectivity index is 2.95. The average Bonchev–Trinajstić information content (AvgIpc) is 2.38. The molecule has 2 nitrogen and oxygen atoms in total. The van der Waals surface area contributed by atoms with Crippen molar-refractivity contribution in [2.24, 2.45) is 11.8 Å². The number of nitrogens with two attached hydrogens (primary N) is 1. The Morgan fingerprint density at radius 3 is 2.56 bits per heavy atom. The van der Waals surface area contributed by atoms with Gasteiger partial charge in [-0.15, -0.1) is 0 Å². The standard InChI is InChI=1S/C14H22Cl2N2/c1-3-5-6-10(4-2)14(18-17)12-9-11(15)7-8-13(12)16/h7-10,14,18H,3-6,17H2,1-2H3. The van der Waals surface area contributed by atoms with E-state index < -0.39 is 0 Å². The van der Waals surface area contributed by atoms with Crippen LogP contribution in [0.1, 0.15) is 51.1 Å². The third-order valence-electron chi connectivity index (χ3n) is 3.40. The molecule has 0 spiro atoms. The summed E-state index contributed by atoms with van der Waals surface area (Å²) in [5, 5.41) is 1.41. The maximum Gasteiger partial charge on any atom is 0.0503 e. The van der Waals surface area contributed by atoms with Gasteiger partial charge in [0.1, 0.15) is 0 Å². The lowest BCUT2D eigenvalue weighted by atomic mass is 9.87. The molecule has 1 aromatic carbocycles. The summed E-state index contributed by atoms with van der Waals surface area (Å²) in [6.45, 7) is 4.38. The van der Waals surface area contributed by atoms with Crippen LogP contribution >= 0.6 is 23.2 Å². The van der Waals surface area contributed by atoms with E-state index in [0.717, 1.165) is 23.4 Å². The molecule has 0 fully saturated rings. The molecule has 4 heteroatoms. The molecule has 0 aromatic heterocycles. The van der Waals surface area contributed by atoms with Gasteiger partial charge in [-0.3, -0.25) is 11.3 Å². The molecule has 0 bridgehead atoms. The van der Waals surface area contributed by atoms with Crippen molar-refractivity contribution in [2.75, 3.05) is 0 Å². The van der Waals surface area contributed by atoms with Gasteiger partial charge in [0.2, 0.25) is 0 Å². The first-order chi connectivity index (χ1) is 8.63. The van der Waals surface area contributed by atoms with E-state index in [-0.39, 0.29) is 6.04 Å². The molecule has 0 aliphatic heterocycles. The van der Waals surface area contributed by atoms with E-state index >= 15 is 0 Å². The molecule has 18 heavy (non-hydrogen) atoms. The van der Waals surface area contributed by atoms with Gasteiger partial charge in [-0.05, 0) is 36.1 Å². The second-order valence-corrected chi connectivity index (χ2v) is 5.46. The van der Waals surface area contributed by atoms with Crippen LogP contribution in [0.4, 0.5) is 0 Å². The molecule has 0 aliphatic rings. The number of rotatable bonds is 7. The summed E-state index contributed by atoms with van der Waals surface area (Å²) in [5.41, 5.74) is 3.90.